The number of hydrogen-bond donors (Lipinski definition) is 2. The van der Waals surface area contributed by atoms with Crippen molar-refractivity contribution in [3.05, 3.63) is 12.7 Å². The molecule has 1 aliphatic heterocycles. The third kappa shape index (κ3) is 8.08. The number of Topliss-reactive ketones (excluding diaryl/α,β-unsaturated/α-hetero) is 3. The number of nitrogens with zero attached hydrogens (tertiary/aromatic N) is 1. The highest BCUT2D eigenvalue weighted by molar-refractivity contribution is 6.38. The number of ether oxygens (including phenoxy) is 1. The molecule has 1 unspecified atom stereocenters. The Morgan fingerprint density at radius 3 is 2.26 bits per heavy atom. The highest BCUT2D eigenvalue weighted by Crippen LogP contribution is 2.65. The number of carbonyl (C=O) groups excluding carboxylic acids is 6. The molecular weight excluding hydrogens is 586 g/mol. The fourth-order valence-electron chi connectivity index (χ4n) is 7.35. The first kappa shape index (κ1) is 35.8. The van der Waals surface area contributed by atoms with Crippen molar-refractivity contribution >= 4 is 35.3 Å². The molecule has 0 bridgehead atoms. The van der Waals surface area contributed by atoms with Gasteiger partial charge in [-0.05, 0) is 73.0 Å². The van der Waals surface area contributed by atoms with Crippen LogP contribution in [0.1, 0.15) is 106 Å². The molecule has 3 amide bonds. The molecule has 0 aromatic heterocycles. The minimum atomic E-state index is -0.971. The first-order chi connectivity index (χ1) is 21.6. The average molecular weight is 642 g/mol. The topological polar surface area (TPSA) is 139 Å². The Balaban J connectivity index is 1.48. The summed E-state index contributed by atoms with van der Waals surface area (Å²) in [6.07, 6.45) is 7.76. The van der Waals surface area contributed by atoms with Crippen LogP contribution in [0.2, 0.25) is 0 Å². The zero-order chi connectivity index (χ0) is 34.0. The van der Waals surface area contributed by atoms with E-state index in [1.165, 1.54) is 0 Å². The number of ketones is 3. The van der Waals surface area contributed by atoms with Gasteiger partial charge in [0.1, 0.15) is 12.1 Å². The van der Waals surface area contributed by atoms with Crippen molar-refractivity contribution in [3.8, 4) is 0 Å². The summed E-state index contributed by atoms with van der Waals surface area (Å²) in [6, 6.07) is -3.10. The molecule has 4 fully saturated rings. The summed E-state index contributed by atoms with van der Waals surface area (Å²) in [5, 5.41) is 5.67. The maximum Gasteiger partial charge on any atom is 0.328 e. The number of fused-ring (bicyclic) bond motifs is 1. The van der Waals surface area contributed by atoms with Gasteiger partial charge in [-0.1, -0.05) is 60.5 Å². The van der Waals surface area contributed by atoms with E-state index in [1.54, 1.807) is 11.0 Å². The molecule has 2 N–H and O–H groups in total. The summed E-state index contributed by atoms with van der Waals surface area (Å²) in [7, 11) is 0. The van der Waals surface area contributed by atoms with Gasteiger partial charge in [0.2, 0.25) is 11.7 Å². The molecule has 0 aromatic rings. The van der Waals surface area contributed by atoms with Crippen LogP contribution in [-0.4, -0.2) is 71.4 Å². The maximum atomic E-state index is 14.3. The number of likely N-dealkylation sites (tertiary alicyclic amines) is 1. The summed E-state index contributed by atoms with van der Waals surface area (Å²) < 4.78 is 5.52. The third-order valence-electron chi connectivity index (χ3n) is 10.8. The van der Waals surface area contributed by atoms with Gasteiger partial charge in [-0.3, -0.25) is 19.2 Å². The Labute approximate surface area is 274 Å². The van der Waals surface area contributed by atoms with Crippen molar-refractivity contribution in [3.63, 3.8) is 0 Å². The van der Waals surface area contributed by atoms with Crippen LogP contribution in [0.3, 0.4) is 0 Å². The second-order valence-electron chi connectivity index (χ2n) is 15.8. The van der Waals surface area contributed by atoms with Crippen LogP contribution < -0.4 is 10.6 Å². The van der Waals surface area contributed by atoms with Crippen molar-refractivity contribution in [2.24, 2.45) is 40.4 Å². The molecular formula is C36H55N3O7. The number of esters is 1. The van der Waals surface area contributed by atoms with Crippen LogP contribution in [0.5, 0.6) is 0 Å². The third-order valence-corrected chi connectivity index (χ3v) is 10.8. The van der Waals surface area contributed by atoms with E-state index in [2.05, 4.69) is 31.1 Å². The number of amides is 3. The van der Waals surface area contributed by atoms with Gasteiger partial charge in [0, 0.05) is 25.3 Å². The van der Waals surface area contributed by atoms with Crippen LogP contribution in [0.25, 0.3) is 0 Å². The largest absolute Gasteiger partial charge is 0.464 e. The van der Waals surface area contributed by atoms with Crippen molar-refractivity contribution < 1.29 is 33.5 Å². The first-order valence-corrected chi connectivity index (χ1v) is 17.4. The number of nitrogens with one attached hydrogen (secondary N) is 2. The second kappa shape index (κ2) is 14.4. The number of carbonyl (C=O) groups is 6. The Hall–Kier alpha value is -3.04. The average Bonchev–Trinajstić information content (AvgIpc) is 3.82. The Bertz CT molecular complexity index is 1210. The molecule has 4 aliphatic rings. The molecule has 0 spiro atoms. The summed E-state index contributed by atoms with van der Waals surface area (Å²) in [5.41, 5.74) is -0.846. The second-order valence-corrected chi connectivity index (χ2v) is 15.8. The van der Waals surface area contributed by atoms with E-state index in [-0.39, 0.29) is 47.7 Å². The van der Waals surface area contributed by atoms with Crippen molar-refractivity contribution in [2.45, 2.75) is 124 Å². The summed E-state index contributed by atoms with van der Waals surface area (Å²) >= 11 is 0. The normalized spacial score (nSPS) is 25.3. The fourth-order valence-corrected chi connectivity index (χ4v) is 7.35. The summed E-state index contributed by atoms with van der Waals surface area (Å²) in [5.74, 6) is -2.28. The van der Waals surface area contributed by atoms with Gasteiger partial charge in [-0.25, -0.2) is 9.59 Å². The standard InChI is InChI=1S/C36H55N3O7/c1-8-10-15-25(40)30(42)23(12-9-2)18-26(41)29-27-24(36(27,6)7)19-39(29)32(43)31(35(3,4)5)38-34(45)37-28(22-13-11-14-22)33(44)46-20-21-16-17-21/h8,21-24,27-29,31H,1,9-20H2,2-7H3,(H2,37,38,45)/t23?,24-,27-,28-,29+,31+/m0/s1. The molecule has 0 aromatic carbocycles. The van der Waals surface area contributed by atoms with Gasteiger partial charge >= 0.3 is 12.0 Å². The molecule has 10 heteroatoms. The quantitative estimate of drug-likeness (QED) is 0.132. The van der Waals surface area contributed by atoms with E-state index in [4.69, 9.17) is 4.74 Å². The molecule has 0 radical (unpaired) electrons. The minimum absolute atomic E-state index is 0.00130. The predicted molar refractivity (Wildman–Crippen MR) is 173 cm³/mol. The molecule has 3 aliphatic carbocycles. The molecule has 1 saturated heterocycles. The number of piperidine rings is 1. The number of allylic oxidation sites excluding steroid dienone is 1. The molecule has 1 heterocycles. The van der Waals surface area contributed by atoms with Crippen molar-refractivity contribution in [2.75, 3.05) is 13.2 Å². The maximum absolute atomic E-state index is 14.3. The van der Waals surface area contributed by atoms with Crippen LogP contribution in [0.15, 0.2) is 12.7 Å². The van der Waals surface area contributed by atoms with Gasteiger partial charge in [0.15, 0.2) is 11.6 Å². The lowest BCUT2D eigenvalue weighted by atomic mass is 9.79. The zero-order valence-electron chi connectivity index (χ0n) is 28.7. The lowest BCUT2D eigenvalue weighted by Crippen LogP contribution is -2.61. The van der Waals surface area contributed by atoms with E-state index < -0.39 is 53.0 Å². The number of hydrogen-bond acceptors (Lipinski definition) is 7. The smallest absolute Gasteiger partial charge is 0.328 e. The van der Waals surface area contributed by atoms with Gasteiger partial charge in [-0.15, -0.1) is 6.58 Å². The molecule has 256 valence electrons. The number of rotatable bonds is 17. The number of urea groups is 1. The Morgan fingerprint density at radius 1 is 1.04 bits per heavy atom. The minimum Gasteiger partial charge on any atom is -0.464 e. The van der Waals surface area contributed by atoms with E-state index in [9.17, 15) is 28.8 Å². The van der Waals surface area contributed by atoms with E-state index in [0.717, 1.165) is 32.1 Å². The Kier molecular flexibility index (Phi) is 11.2. The highest BCUT2D eigenvalue weighted by atomic mass is 16.5. The monoisotopic (exact) mass is 641 g/mol. The van der Waals surface area contributed by atoms with Gasteiger partial charge < -0.3 is 20.3 Å². The molecule has 4 rings (SSSR count). The van der Waals surface area contributed by atoms with E-state index >= 15 is 0 Å². The highest BCUT2D eigenvalue weighted by Gasteiger charge is 2.69. The summed E-state index contributed by atoms with van der Waals surface area (Å²) in [4.78, 5) is 81.9. The SMILES string of the molecule is C=CCCC(=O)C(=O)C(CCC)CC(=O)[C@@H]1[C@@H]2[C@H](CN1C(=O)[C@@H](NC(=O)N[C@H](C(=O)OCC1CC1)C1CCC1)C(C)(C)C)C2(C)C. The lowest BCUT2D eigenvalue weighted by Gasteiger charge is -2.38. The van der Waals surface area contributed by atoms with E-state index in [1.807, 2.05) is 27.7 Å². The van der Waals surface area contributed by atoms with Crippen LogP contribution in [0.4, 0.5) is 4.79 Å². The van der Waals surface area contributed by atoms with Crippen LogP contribution in [0, 0.1) is 40.4 Å². The summed E-state index contributed by atoms with van der Waals surface area (Å²) in [6.45, 7) is 16.0. The molecule has 10 nitrogen and oxygen atoms in total. The van der Waals surface area contributed by atoms with Gasteiger partial charge in [0.05, 0.1) is 12.6 Å². The van der Waals surface area contributed by atoms with E-state index in [0.29, 0.717) is 38.3 Å². The molecule has 6 atom stereocenters. The van der Waals surface area contributed by atoms with Crippen molar-refractivity contribution in [1.82, 2.24) is 15.5 Å². The van der Waals surface area contributed by atoms with Gasteiger partial charge in [0.25, 0.3) is 0 Å². The van der Waals surface area contributed by atoms with Crippen LogP contribution >= 0.6 is 0 Å². The van der Waals surface area contributed by atoms with Crippen LogP contribution in [-0.2, 0) is 28.7 Å². The lowest BCUT2D eigenvalue weighted by molar-refractivity contribution is -0.148. The van der Waals surface area contributed by atoms with Crippen molar-refractivity contribution in [1.29, 1.82) is 0 Å². The Morgan fingerprint density at radius 2 is 1.72 bits per heavy atom. The molecule has 46 heavy (non-hydrogen) atoms. The first-order valence-electron chi connectivity index (χ1n) is 17.4. The fraction of sp³-hybridized carbons (Fsp3) is 0.778. The molecule has 3 saturated carbocycles. The van der Waals surface area contributed by atoms with Gasteiger partial charge in [-0.2, -0.15) is 0 Å². The predicted octanol–water partition coefficient (Wildman–Crippen LogP) is 4.79. The zero-order valence-corrected chi connectivity index (χ0v) is 28.7.